The fourth-order valence-electron chi connectivity index (χ4n) is 1.89. The van der Waals surface area contributed by atoms with Crippen LogP contribution >= 0.6 is 11.6 Å². The molecular formula is C13H15ClN2O. The van der Waals surface area contributed by atoms with Crippen LogP contribution in [0.15, 0.2) is 30.5 Å². The van der Waals surface area contributed by atoms with E-state index in [0.717, 1.165) is 17.1 Å². The minimum Gasteiger partial charge on any atom is -0.379 e. The lowest BCUT2D eigenvalue weighted by atomic mass is 9.93. The Morgan fingerprint density at radius 1 is 1.41 bits per heavy atom. The summed E-state index contributed by atoms with van der Waals surface area (Å²) in [5.74, 6) is 0.863. The SMILES string of the molecule is Cc1ncc(C(C)(O)c2cccc(Cl)c2)n1C. The number of nitrogens with zero attached hydrogens (tertiary/aromatic N) is 2. The maximum Gasteiger partial charge on any atom is 0.128 e. The van der Waals surface area contributed by atoms with Crippen LogP contribution in [0.3, 0.4) is 0 Å². The molecule has 1 unspecified atom stereocenters. The second-order valence-corrected chi connectivity index (χ2v) is 4.77. The molecular weight excluding hydrogens is 236 g/mol. The molecule has 1 aromatic heterocycles. The Bertz CT molecular complexity index is 546. The van der Waals surface area contributed by atoms with E-state index < -0.39 is 5.60 Å². The van der Waals surface area contributed by atoms with Gasteiger partial charge < -0.3 is 9.67 Å². The first-order valence-electron chi connectivity index (χ1n) is 5.40. The first-order chi connectivity index (χ1) is 7.93. The Balaban J connectivity index is 2.53. The van der Waals surface area contributed by atoms with Gasteiger partial charge in [-0.05, 0) is 31.5 Å². The Hall–Kier alpha value is -1.32. The molecule has 0 radical (unpaired) electrons. The smallest absolute Gasteiger partial charge is 0.128 e. The molecule has 0 saturated carbocycles. The van der Waals surface area contributed by atoms with E-state index in [0.29, 0.717) is 5.02 Å². The molecule has 17 heavy (non-hydrogen) atoms. The number of aromatic nitrogens is 2. The highest BCUT2D eigenvalue weighted by Gasteiger charge is 2.29. The summed E-state index contributed by atoms with van der Waals surface area (Å²) in [5, 5.41) is 11.3. The first-order valence-corrected chi connectivity index (χ1v) is 5.78. The zero-order chi connectivity index (χ0) is 12.6. The van der Waals surface area contributed by atoms with E-state index in [1.807, 2.05) is 30.7 Å². The average Bonchev–Trinajstić information content (AvgIpc) is 2.60. The minimum absolute atomic E-state index is 0.613. The normalized spacial score (nSPS) is 14.6. The van der Waals surface area contributed by atoms with Crippen molar-refractivity contribution in [2.45, 2.75) is 19.4 Å². The van der Waals surface area contributed by atoms with Gasteiger partial charge in [-0.1, -0.05) is 23.7 Å². The lowest BCUT2D eigenvalue weighted by Gasteiger charge is -2.24. The lowest BCUT2D eigenvalue weighted by molar-refractivity contribution is 0.0940. The predicted octanol–water partition coefficient (Wildman–Crippen LogP) is 2.64. The highest BCUT2D eigenvalue weighted by molar-refractivity contribution is 6.30. The van der Waals surface area contributed by atoms with Crippen molar-refractivity contribution in [2.24, 2.45) is 7.05 Å². The van der Waals surface area contributed by atoms with Gasteiger partial charge in [-0.25, -0.2) is 4.98 Å². The summed E-state index contributed by atoms with van der Waals surface area (Å²) in [4.78, 5) is 4.20. The van der Waals surface area contributed by atoms with E-state index in [1.165, 1.54) is 0 Å². The molecule has 0 aliphatic heterocycles. The summed E-state index contributed by atoms with van der Waals surface area (Å²) < 4.78 is 1.88. The minimum atomic E-state index is -1.10. The molecule has 1 aromatic carbocycles. The quantitative estimate of drug-likeness (QED) is 0.890. The van der Waals surface area contributed by atoms with Gasteiger partial charge in [-0.2, -0.15) is 0 Å². The van der Waals surface area contributed by atoms with Crippen molar-refractivity contribution < 1.29 is 5.11 Å². The number of hydrogen-bond acceptors (Lipinski definition) is 2. The molecule has 1 heterocycles. The predicted molar refractivity (Wildman–Crippen MR) is 68.1 cm³/mol. The van der Waals surface area contributed by atoms with Crippen molar-refractivity contribution in [3.63, 3.8) is 0 Å². The van der Waals surface area contributed by atoms with Crippen molar-refractivity contribution in [1.82, 2.24) is 9.55 Å². The van der Waals surface area contributed by atoms with Crippen LogP contribution in [0, 0.1) is 6.92 Å². The van der Waals surface area contributed by atoms with Crippen LogP contribution < -0.4 is 0 Å². The molecule has 0 aliphatic rings. The van der Waals surface area contributed by atoms with Crippen LogP contribution in [-0.2, 0) is 12.6 Å². The van der Waals surface area contributed by atoms with Crippen LogP contribution in [0.5, 0.6) is 0 Å². The number of aliphatic hydroxyl groups is 1. The van der Waals surface area contributed by atoms with Crippen LogP contribution in [0.25, 0.3) is 0 Å². The number of rotatable bonds is 2. The fraction of sp³-hybridized carbons (Fsp3) is 0.308. The molecule has 1 N–H and O–H groups in total. The number of imidazole rings is 1. The zero-order valence-electron chi connectivity index (χ0n) is 10.1. The number of benzene rings is 1. The lowest BCUT2D eigenvalue weighted by Crippen LogP contribution is -2.25. The number of aryl methyl sites for hydroxylation is 1. The molecule has 3 nitrogen and oxygen atoms in total. The monoisotopic (exact) mass is 250 g/mol. The third-order valence-corrected chi connectivity index (χ3v) is 3.34. The van der Waals surface area contributed by atoms with Gasteiger partial charge in [0.1, 0.15) is 11.4 Å². The van der Waals surface area contributed by atoms with E-state index in [9.17, 15) is 5.11 Å². The fourth-order valence-corrected chi connectivity index (χ4v) is 2.08. The molecule has 90 valence electrons. The second-order valence-electron chi connectivity index (χ2n) is 4.33. The van der Waals surface area contributed by atoms with Crippen molar-refractivity contribution in [2.75, 3.05) is 0 Å². The Morgan fingerprint density at radius 3 is 2.65 bits per heavy atom. The van der Waals surface area contributed by atoms with E-state index in [2.05, 4.69) is 4.98 Å². The summed E-state index contributed by atoms with van der Waals surface area (Å²) in [7, 11) is 1.89. The standard InChI is InChI=1S/C13H15ClN2O/c1-9-15-8-12(16(9)3)13(2,17)10-5-4-6-11(14)7-10/h4-8,17H,1-3H3. The van der Waals surface area contributed by atoms with Gasteiger partial charge in [0.25, 0.3) is 0 Å². The van der Waals surface area contributed by atoms with E-state index >= 15 is 0 Å². The number of hydrogen-bond donors (Lipinski definition) is 1. The van der Waals surface area contributed by atoms with E-state index in [-0.39, 0.29) is 0 Å². The summed E-state index contributed by atoms with van der Waals surface area (Å²) in [6.07, 6.45) is 1.69. The molecule has 1 atom stereocenters. The van der Waals surface area contributed by atoms with Crippen molar-refractivity contribution in [1.29, 1.82) is 0 Å². The molecule has 2 rings (SSSR count). The van der Waals surface area contributed by atoms with Gasteiger partial charge in [0.05, 0.1) is 11.9 Å². The zero-order valence-corrected chi connectivity index (χ0v) is 10.9. The van der Waals surface area contributed by atoms with Crippen LogP contribution in [0.2, 0.25) is 5.02 Å². The first kappa shape index (κ1) is 12.1. The van der Waals surface area contributed by atoms with Crippen molar-refractivity contribution >= 4 is 11.6 Å². The summed E-state index contributed by atoms with van der Waals surface area (Å²) in [5.41, 5.74) is 0.409. The van der Waals surface area contributed by atoms with Gasteiger partial charge in [-0.3, -0.25) is 0 Å². The molecule has 0 aliphatic carbocycles. The largest absolute Gasteiger partial charge is 0.379 e. The highest BCUT2D eigenvalue weighted by Crippen LogP contribution is 2.30. The number of halogens is 1. The maximum absolute atomic E-state index is 10.7. The van der Waals surface area contributed by atoms with Gasteiger partial charge in [-0.15, -0.1) is 0 Å². The van der Waals surface area contributed by atoms with E-state index in [1.54, 1.807) is 25.3 Å². The van der Waals surface area contributed by atoms with Gasteiger partial charge in [0.2, 0.25) is 0 Å². The molecule has 4 heteroatoms. The molecule has 0 fully saturated rings. The molecule has 0 saturated heterocycles. The Labute approximate surface area is 106 Å². The third kappa shape index (κ3) is 2.08. The van der Waals surface area contributed by atoms with Gasteiger partial charge >= 0.3 is 0 Å². The van der Waals surface area contributed by atoms with Crippen molar-refractivity contribution in [3.8, 4) is 0 Å². The summed E-state index contributed by atoms with van der Waals surface area (Å²) in [6, 6.07) is 7.24. The average molecular weight is 251 g/mol. The van der Waals surface area contributed by atoms with Crippen LogP contribution in [0.4, 0.5) is 0 Å². The molecule has 0 bridgehead atoms. The topological polar surface area (TPSA) is 38.1 Å². The summed E-state index contributed by atoms with van der Waals surface area (Å²) >= 11 is 5.95. The highest BCUT2D eigenvalue weighted by atomic mass is 35.5. The van der Waals surface area contributed by atoms with Gasteiger partial charge in [0, 0.05) is 12.1 Å². The molecule has 0 amide bonds. The van der Waals surface area contributed by atoms with Crippen molar-refractivity contribution in [3.05, 3.63) is 52.6 Å². The maximum atomic E-state index is 10.7. The van der Waals surface area contributed by atoms with Gasteiger partial charge in [0.15, 0.2) is 0 Å². The summed E-state index contributed by atoms with van der Waals surface area (Å²) in [6.45, 7) is 3.65. The van der Waals surface area contributed by atoms with Crippen LogP contribution in [-0.4, -0.2) is 14.7 Å². The Kier molecular flexibility index (Phi) is 2.98. The Morgan fingerprint density at radius 2 is 2.12 bits per heavy atom. The third-order valence-electron chi connectivity index (χ3n) is 3.11. The van der Waals surface area contributed by atoms with E-state index in [4.69, 9.17) is 11.6 Å². The molecule has 2 aromatic rings. The van der Waals surface area contributed by atoms with Crippen LogP contribution in [0.1, 0.15) is 24.0 Å². The molecule has 0 spiro atoms. The second kappa shape index (κ2) is 4.17.